The van der Waals surface area contributed by atoms with Crippen LogP contribution in [0.3, 0.4) is 0 Å². The van der Waals surface area contributed by atoms with Gasteiger partial charge in [0.25, 0.3) is 0 Å². The average Bonchev–Trinajstić information content (AvgIpc) is 2.87. The first kappa shape index (κ1) is 16.9. The maximum atomic E-state index is 13.4. The number of fused-ring (bicyclic) bond motifs is 1. The topological polar surface area (TPSA) is 51.1 Å². The minimum Gasteiger partial charge on any atom is -0.337 e. The van der Waals surface area contributed by atoms with Crippen molar-refractivity contribution in [2.45, 2.75) is 27.3 Å². The fourth-order valence-electron chi connectivity index (χ4n) is 3.23. The number of carbonyl (C=O) groups excluding carboxylic acids is 2. The van der Waals surface area contributed by atoms with Crippen LogP contribution in [-0.4, -0.2) is 16.8 Å². The van der Waals surface area contributed by atoms with Crippen LogP contribution < -0.4 is 5.32 Å². The van der Waals surface area contributed by atoms with Gasteiger partial charge in [-0.1, -0.05) is 17.7 Å². The molecule has 0 saturated heterocycles. The Bertz CT molecular complexity index is 966. The molecule has 0 atom stereocenters. The molecule has 1 heterocycles. The van der Waals surface area contributed by atoms with E-state index in [0.717, 1.165) is 22.4 Å². The zero-order valence-corrected chi connectivity index (χ0v) is 14.4. The predicted molar refractivity (Wildman–Crippen MR) is 96.6 cm³/mol. The van der Waals surface area contributed by atoms with Crippen LogP contribution in [0.15, 0.2) is 36.5 Å². The van der Waals surface area contributed by atoms with E-state index in [9.17, 15) is 14.0 Å². The van der Waals surface area contributed by atoms with E-state index >= 15 is 0 Å². The second-order valence-corrected chi connectivity index (χ2v) is 6.31. The van der Waals surface area contributed by atoms with Crippen molar-refractivity contribution in [2.75, 3.05) is 5.32 Å². The van der Waals surface area contributed by atoms with Gasteiger partial charge in [0.05, 0.1) is 0 Å². The fourth-order valence-corrected chi connectivity index (χ4v) is 3.23. The van der Waals surface area contributed by atoms with Crippen molar-refractivity contribution in [3.63, 3.8) is 0 Å². The number of aldehydes is 1. The molecule has 3 rings (SSSR count). The SMILES string of the molecule is Cc1cc(C)c(NC(=O)Cn2cc(C=O)c3cc(F)ccc32)c(C)c1. The van der Waals surface area contributed by atoms with E-state index in [1.54, 1.807) is 16.8 Å². The Balaban J connectivity index is 1.89. The molecule has 1 amide bonds. The quantitative estimate of drug-likeness (QED) is 0.726. The number of benzene rings is 2. The lowest BCUT2D eigenvalue weighted by atomic mass is 10.1. The van der Waals surface area contributed by atoms with Crippen molar-refractivity contribution in [3.8, 4) is 0 Å². The van der Waals surface area contributed by atoms with Gasteiger partial charge in [-0.3, -0.25) is 9.59 Å². The minimum atomic E-state index is -0.413. The number of carbonyl (C=O) groups is 2. The second-order valence-electron chi connectivity index (χ2n) is 6.31. The van der Waals surface area contributed by atoms with Crippen LogP contribution in [0.2, 0.25) is 0 Å². The minimum absolute atomic E-state index is 0.0444. The molecule has 3 aromatic rings. The largest absolute Gasteiger partial charge is 0.337 e. The van der Waals surface area contributed by atoms with Gasteiger partial charge in [0.15, 0.2) is 6.29 Å². The summed E-state index contributed by atoms with van der Waals surface area (Å²) in [7, 11) is 0. The van der Waals surface area contributed by atoms with Gasteiger partial charge < -0.3 is 9.88 Å². The number of aryl methyl sites for hydroxylation is 3. The summed E-state index contributed by atoms with van der Waals surface area (Å²) < 4.78 is 15.1. The normalized spacial score (nSPS) is 10.9. The smallest absolute Gasteiger partial charge is 0.244 e. The molecule has 1 N–H and O–H groups in total. The molecular formula is C20H19FN2O2. The molecule has 0 spiro atoms. The molecule has 0 radical (unpaired) electrons. The molecule has 1 aromatic heterocycles. The van der Waals surface area contributed by atoms with E-state index in [-0.39, 0.29) is 12.5 Å². The molecular weight excluding hydrogens is 319 g/mol. The van der Waals surface area contributed by atoms with Crippen molar-refractivity contribution in [3.05, 3.63) is 64.6 Å². The molecule has 0 aliphatic heterocycles. The number of nitrogens with zero attached hydrogens (tertiary/aromatic N) is 1. The standard InChI is InChI=1S/C20H19FN2O2/c1-12-6-13(2)20(14(3)7-12)22-19(25)10-23-9-15(11-24)17-8-16(21)4-5-18(17)23/h4-9,11H,10H2,1-3H3,(H,22,25). The van der Waals surface area contributed by atoms with Crippen molar-refractivity contribution in [2.24, 2.45) is 0 Å². The summed E-state index contributed by atoms with van der Waals surface area (Å²) in [6.07, 6.45) is 2.25. The van der Waals surface area contributed by atoms with E-state index < -0.39 is 5.82 Å². The first-order valence-electron chi connectivity index (χ1n) is 8.00. The van der Waals surface area contributed by atoms with Crippen molar-refractivity contribution < 1.29 is 14.0 Å². The number of halogens is 1. The highest BCUT2D eigenvalue weighted by molar-refractivity contribution is 5.99. The van der Waals surface area contributed by atoms with Crippen LogP contribution in [0.5, 0.6) is 0 Å². The third kappa shape index (κ3) is 3.31. The predicted octanol–water partition coefficient (Wildman–Crippen LogP) is 4.16. The van der Waals surface area contributed by atoms with Gasteiger partial charge in [0.1, 0.15) is 12.4 Å². The van der Waals surface area contributed by atoms with E-state index in [4.69, 9.17) is 0 Å². The summed E-state index contributed by atoms with van der Waals surface area (Å²) in [5.41, 5.74) is 4.95. The molecule has 0 saturated carbocycles. The third-order valence-corrected chi connectivity index (χ3v) is 4.26. The lowest BCUT2D eigenvalue weighted by Gasteiger charge is -2.13. The lowest BCUT2D eigenvalue weighted by Crippen LogP contribution is -2.19. The molecule has 5 heteroatoms. The van der Waals surface area contributed by atoms with Crippen LogP contribution in [0, 0.1) is 26.6 Å². The summed E-state index contributed by atoms with van der Waals surface area (Å²) >= 11 is 0. The number of anilines is 1. The van der Waals surface area contributed by atoms with Gasteiger partial charge in [0.2, 0.25) is 5.91 Å². The molecule has 0 fully saturated rings. The van der Waals surface area contributed by atoms with Gasteiger partial charge in [-0.25, -0.2) is 4.39 Å². The summed E-state index contributed by atoms with van der Waals surface area (Å²) in [6, 6.07) is 8.23. The van der Waals surface area contributed by atoms with Gasteiger partial charge in [-0.2, -0.15) is 0 Å². The molecule has 0 unspecified atom stereocenters. The molecule has 4 nitrogen and oxygen atoms in total. The number of hydrogen-bond donors (Lipinski definition) is 1. The van der Waals surface area contributed by atoms with Gasteiger partial charge >= 0.3 is 0 Å². The molecule has 0 aliphatic rings. The Hall–Kier alpha value is -2.95. The lowest BCUT2D eigenvalue weighted by molar-refractivity contribution is -0.116. The Morgan fingerprint density at radius 2 is 1.84 bits per heavy atom. The maximum absolute atomic E-state index is 13.4. The highest BCUT2D eigenvalue weighted by atomic mass is 19.1. The number of rotatable bonds is 4. The van der Waals surface area contributed by atoms with E-state index in [0.29, 0.717) is 22.8 Å². The molecule has 128 valence electrons. The summed E-state index contributed by atoms with van der Waals surface area (Å²) in [4.78, 5) is 23.7. The highest BCUT2D eigenvalue weighted by Crippen LogP contribution is 2.24. The zero-order chi connectivity index (χ0) is 18.1. The summed E-state index contributed by atoms with van der Waals surface area (Å²) in [5.74, 6) is -0.613. The van der Waals surface area contributed by atoms with E-state index in [2.05, 4.69) is 5.32 Å². The Labute approximate surface area is 145 Å². The first-order chi connectivity index (χ1) is 11.9. The van der Waals surface area contributed by atoms with E-state index in [1.165, 1.54) is 12.1 Å². The maximum Gasteiger partial charge on any atom is 0.244 e. The van der Waals surface area contributed by atoms with Crippen LogP contribution >= 0.6 is 0 Å². The van der Waals surface area contributed by atoms with Gasteiger partial charge in [-0.05, 0) is 50.1 Å². The van der Waals surface area contributed by atoms with E-state index in [1.807, 2.05) is 32.9 Å². The number of nitrogens with one attached hydrogen (secondary N) is 1. The highest BCUT2D eigenvalue weighted by Gasteiger charge is 2.13. The van der Waals surface area contributed by atoms with Gasteiger partial charge in [0, 0.05) is 28.4 Å². The number of hydrogen-bond acceptors (Lipinski definition) is 2. The first-order valence-corrected chi connectivity index (χ1v) is 8.00. The zero-order valence-electron chi connectivity index (χ0n) is 14.4. The second kappa shape index (κ2) is 6.51. The Morgan fingerprint density at radius 3 is 2.48 bits per heavy atom. The monoisotopic (exact) mass is 338 g/mol. The van der Waals surface area contributed by atoms with Crippen LogP contribution in [0.4, 0.5) is 10.1 Å². The molecule has 0 aliphatic carbocycles. The van der Waals surface area contributed by atoms with Crippen molar-refractivity contribution in [1.82, 2.24) is 4.57 Å². The average molecular weight is 338 g/mol. The van der Waals surface area contributed by atoms with Crippen molar-refractivity contribution >= 4 is 28.8 Å². The number of amides is 1. The molecule has 25 heavy (non-hydrogen) atoms. The van der Waals surface area contributed by atoms with Crippen LogP contribution in [0.1, 0.15) is 27.0 Å². The fraction of sp³-hybridized carbons (Fsp3) is 0.200. The van der Waals surface area contributed by atoms with Gasteiger partial charge in [-0.15, -0.1) is 0 Å². The summed E-state index contributed by atoms with van der Waals surface area (Å²) in [6.45, 7) is 5.96. The Morgan fingerprint density at radius 1 is 1.16 bits per heavy atom. The van der Waals surface area contributed by atoms with Crippen molar-refractivity contribution in [1.29, 1.82) is 0 Å². The Kier molecular flexibility index (Phi) is 4.40. The molecule has 2 aromatic carbocycles. The molecule has 0 bridgehead atoms. The number of aromatic nitrogens is 1. The summed E-state index contributed by atoms with van der Waals surface area (Å²) in [5, 5.41) is 3.44. The van der Waals surface area contributed by atoms with Crippen LogP contribution in [-0.2, 0) is 11.3 Å². The third-order valence-electron chi connectivity index (χ3n) is 4.26. The van der Waals surface area contributed by atoms with Crippen LogP contribution in [0.25, 0.3) is 10.9 Å².